The Bertz CT molecular complexity index is 403. The van der Waals surface area contributed by atoms with Crippen LogP contribution in [0.4, 0.5) is 0 Å². The number of hydrogen-bond acceptors (Lipinski definition) is 3. The summed E-state index contributed by atoms with van der Waals surface area (Å²) in [5.74, 6) is 0.775. The Kier molecular flexibility index (Phi) is 7.81. The molecule has 5 nitrogen and oxygen atoms in total. The van der Waals surface area contributed by atoms with E-state index in [1.165, 1.54) is 0 Å². The monoisotopic (exact) mass is 345 g/mol. The van der Waals surface area contributed by atoms with Gasteiger partial charge in [0.25, 0.3) is 0 Å². The molecule has 1 aliphatic heterocycles. The average molecular weight is 346 g/mol. The van der Waals surface area contributed by atoms with Gasteiger partial charge >= 0.3 is 0 Å². The molecule has 1 saturated heterocycles. The van der Waals surface area contributed by atoms with E-state index in [1.54, 1.807) is 11.9 Å². The van der Waals surface area contributed by atoms with E-state index in [1.807, 2.05) is 4.90 Å². The van der Waals surface area contributed by atoms with Crippen molar-refractivity contribution in [2.24, 2.45) is 11.3 Å². The zero-order valence-corrected chi connectivity index (χ0v) is 15.6. The van der Waals surface area contributed by atoms with Crippen molar-refractivity contribution < 1.29 is 9.59 Å². The van der Waals surface area contributed by atoms with Crippen molar-refractivity contribution in [3.8, 4) is 0 Å². The molecule has 0 spiro atoms. The second kappa shape index (κ2) is 8.88. The van der Waals surface area contributed by atoms with Crippen molar-refractivity contribution in [1.29, 1.82) is 0 Å². The maximum atomic E-state index is 13.0. The molecule has 2 aliphatic rings. The maximum absolute atomic E-state index is 13.0. The van der Waals surface area contributed by atoms with Crippen molar-refractivity contribution in [2.45, 2.75) is 46.0 Å². The Labute approximate surface area is 146 Å². The molecule has 6 heteroatoms. The number of amides is 2. The summed E-state index contributed by atoms with van der Waals surface area (Å²) in [7, 11) is 1.79. The van der Waals surface area contributed by atoms with Gasteiger partial charge in [0.2, 0.25) is 11.8 Å². The lowest BCUT2D eigenvalue weighted by atomic mass is 9.77. The normalized spacial score (nSPS) is 20.3. The maximum Gasteiger partial charge on any atom is 0.242 e. The van der Waals surface area contributed by atoms with Crippen LogP contribution in [0, 0.1) is 11.3 Å². The molecule has 0 aromatic heterocycles. The fraction of sp³-hybridized carbons (Fsp3) is 0.882. The van der Waals surface area contributed by atoms with Gasteiger partial charge in [-0.15, -0.1) is 12.4 Å². The number of nitrogens with one attached hydrogen (secondary N) is 1. The number of nitrogens with zero attached hydrogens (tertiary/aromatic N) is 2. The molecular formula is C17H32ClN3O2. The number of hydrogen-bond donors (Lipinski definition) is 1. The van der Waals surface area contributed by atoms with Gasteiger partial charge in [-0.25, -0.2) is 0 Å². The van der Waals surface area contributed by atoms with E-state index in [4.69, 9.17) is 0 Å². The number of carbonyl (C=O) groups excluding carboxylic acids is 2. The molecule has 0 radical (unpaired) electrons. The number of likely N-dealkylation sites (N-methyl/N-ethyl adjacent to an activating group) is 1. The van der Waals surface area contributed by atoms with Crippen molar-refractivity contribution in [3.63, 3.8) is 0 Å². The first-order valence-electron chi connectivity index (χ1n) is 8.69. The van der Waals surface area contributed by atoms with Crippen molar-refractivity contribution in [2.75, 3.05) is 39.8 Å². The second-order valence-electron chi connectivity index (χ2n) is 7.38. The summed E-state index contributed by atoms with van der Waals surface area (Å²) in [6.45, 7) is 7.77. The summed E-state index contributed by atoms with van der Waals surface area (Å²) in [6, 6.07) is 0. The quantitative estimate of drug-likeness (QED) is 0.828. The largest absolute Gasteiger partial charge is 0.339 e. The highest BCUT2D eigenvalue weighted by molar-refractivity contribution is 5.88. The van der Waals surface area contributed by atoms with Gasteiger partial charge in [0.1, 0.15) is 0 Å². The van der Waals surface area contributed by atoms with Crippen LogP contribution in [0.25, 0.3) is 0 Å². The highest BCUT2D eigenvalue weighted by atomic mass is 35.5. The zero-order valence-electron chi connectivity index (χ0n) is 14.8. The van der Waals surface area contributed by atoms with Gasteiger partial charge in [-0.05, 0) is 25.2 Å². The SMILES string of the molecule is CC(C)CC1(C(=O)N(C)CC(=O)N2CCNCC2)CCCC1.Cl. The van der Waals surface area contributed by atoms with E-state index in [0.29, 0.717) is 5.92 Å². The minimum atomic E-state index is -0.216. The molecule has 134 valence electrons. The smallest absolute Gasteiger partial charge is 0.242 e. The summed E-state index contributed by atoms with van der Waals surface area (Å²) >= 11 is 0. The van der Waals surface area contributed by atoms with E-state index in [-0.39, 0.29) is 36.2 Å². The summed E-state index contributed by atoms with van der Waals surface area (Å²) in [5, 5.41) is 3.24. The second-order valence-corrected chi connectivity index (χ2v) is 7.38. The first-order chi connectivity index (χ1) is 10.4. The van der Waals surface area contributed by atoms with Crippen LogP contribution in [0.15, 0.2) is 0 Å². The Morgan fingerprint density at radius 3 is 2.26 bits per heavy atom. The van der Waals surface area contributed by atoms with Crippen LogP contribution in [0.3, 0.4) is 0 Å². The van der Waals surface area contributed by atoms with Crippen LogP contribution in [0.2, 0.25) is 0 Å². The minimum absolute atomic E-state index is 0. The zero-order chi connectivity index (χ0) is 16.2. The highest BCUT2D eigenvalue weighted by Gasteiger charge is 2.43. The van der Waals surface area contributed by atoms with Gasteiger partial charge < -0.3 is 15.1 Å². The average Bonchev–Trinajstić information content (AvgIpc) is 2.96. The molecule has 1 saturated carbocycles. The van der Waals surface area contributed by atoms with Crippen molar-refractivity contribution >= 4 is 24.2 Å². The number of piperazine rings is 1. The summed E-state index contributed by atoms with van der Waals surface area (Å²) in [6.07, 6.45) is 5.18. The summed E-state index contributed by atoms with van der Waals surface area (Å²) < 4.78 is 0. The molecule has 1 heterocycles. The topological polar surface area (TPSA) is 52.7 Å². The van der Waals surface area contributed by atoms with E-state index < -0.39 is 0 Å². The Hall–Kier alpha value is -0.810. The molecule has 0 bridgehead atoms. The van der Waals surface area contributed by atoms with Gasteiger partial charge in [-0.3, -0.25) is 9.59 Å². The highest BCUT2D eigenvalue weighted by Crippen LogP contribution is 2.44. The predicted octanol–water partition coefficient (Wildman–Crippen LogP) is 1.90. The molecule has 0 unspecified atom stereocenters. The lowest BCUT2D eigenvalue weighted by molar-refractivity contribution is -0.146. The van der Waals surface area contributed by atoms with Gasteiger partial charge in [0.15, 0.2) is 0 Å². The molecule has 1 aliphatic carbocycles. The fourth-order valence-corrected chi connectivity index (χ4v) is 4.03. The Balaban J connectivity index is 0.00000264. The molecule has 0 atom stereocenters. The van der Waals surface area contributed by atoms with Gasteiger partial charge in [-0.1, -0.05) is 26.7 Å². The van der Waals surface area contributed by atoms with Crippen molar-refractivity contribution in [1.82, 2.24) is 15.1 Å². The molecule has 2 rings (SSSR count). The predicted molar refractivity (Wildman–Crippen MR) is 94.7 cm³/mol. The van der Waals surface area contributed by atoms with Gasteiger partial charge in [-0.2, -0.15) is 0 Å². The molecule has 2 fully saturated rings. The molecular weight excluding hydrogens is 314 g/mol. The number of carbonyl (C=O) groups is 2. The third-order valence-electron chi connectivity index (χ3n) is 5.00. The first-order valence-corrected chi connectivity index (χ1v) is 8.69. The van der Waals surface area contributed by atoms with Crippen molar-refractivity contribution in [3.05, 3.63) is 0 Å². The van der Waals surface area contributed by atoms with Crippen LogP contribution in [-0.2, 0) is 9.59 Å². The van der Waals surface area contributed by atoms with Crippen LogP contribution >= 0.6 is 12.4 Å². The number of halogens is 1. The molecule has 0 aromatic carbocycles. The summed E-state index contributed by atoms with van der Waals surface area (Å²) in [4.78, 5) is 28.9. The standard InChI is InChI=1S/C17H31N3O2.ClH/c1-14(2)12-17(6-4-5-7-17)16(22)19(3)13-15(21)20-10-8-18-9-11-20;/h14,18H,4-13H2,1-3H3;1H. The van der Waals surface area contributed by atoms with Gasteiger partial charge in [0, 0.05) is 38.6 Å². The van der Waals surface area contributed by atoms with Crippen LogP contribution in [0.5, 0.6) is 0 Å². The fourth-order valence-electron chi connectivity index (χ4n) is 4.03. The first kappa shape index (κ1) is 20.2. The molecule has 2 amide bonds. The number of rotatable bonds is 5. The third-order valence-corrected chi connectivity index (χ3v) is 5.00. The molecule has 0 aromatic rings. The lowest BCUT2D eigenvalue weighted by Gasteiger charge is -2.35. The van der Waals surface area contributed by atoms with Gasteiger partial charge in [0.05, 0.1) is 6.54 Å². The van der Waals surface area contributed by atoms with E-state index in [9.17, 15) is 9.59 Å². The Morgan fingerprint density at radius 1 is 1.17 bits per heavy atom. The molecule has 1 N–H and O–H groups in total. The van der Waals surface area contributed by atoms with Crippen LogP contribution in [0.1, 0.15) is 46.0 Å². The van der Waals surface area contributed by atoms with Crippen LogP contribution in [-0.4, -0.2) is 61.4 Å². The lowest BCUT2D eigenvalue weighted by Crippen LogP contribution is -2.51. The third kappa shape index (κ3) is 5.08. The van der Waals surface area contributed by atoms with E-state index in [2.05, 4.69) is 19.2 Å². The molecule has 23 heavy (non-hydrogen) atoms. The van der Waals surface area contributed by atoms with E-state index in [0.717, 1.165) is 58.3 Å². The summed E-state index contributed by atoms with van der Waals surface area (Å²) in [5.41, 5.74) is -0.216. The Morgan fingerprint density at radius 2 is 1.74 bits per heavy atom. The van der Waals surface area contributed by atoms with E-state index >= 15 is 0 Å². The minimum Gasteiger partial charge on any atom is -0.339 e. The van der Waals surface area contributed by atoms with Crippen LogP contribution < -0.4 is 5.32 Å².